The standard InChI is InChI=1S/C13H18N2O3S2/c1-13(2,18-3)6-7-20(16,17)12-15-10-5-4-9(14)8-11(10)19-12/h4-5,8H,6-7,14H2,1-3H3. The number of sulfone groups is 1. The van der Waals surface area contributed by atoms with E-state index < -0.39 is 15.4 Å². The van der Waals surface area contributed by atoms with Crippen LogP contribution in [0.1, 0.15) is 20.3 Å². The normalized spacial score (nSPS) is 12.9. The lowest BCUT2D eigenvalue weighted by Crippen LogP contribution is -2.26. The van der Waals surface area contributed by atoms with Gasteiger partial charge in [0.25, 0.3) is 0 Å². The van der Waals surface area contributed by atoms with Gasteiger partial charge in [-0.3, -0.25) is 0 Å². The largest absolute Gasteiger partial charge is 0.399 e. The van der Waals surface area contributed by atoms with Gasteiger partial charge >= 0.3 is 0 Å². The van der Waals surface area contributed by atoms with E-state index in [0.717, 1.165) is 16.0 Å². The molecule has 0 radical (unpaired) electrons. The summed E-state index contributed by atoms with van der Waals surface area (Å²) in [5, 5.41) is 0. The number of nitrogen functional groups attached to an aromatic ring is 1. The van der Waals surface area contributed by atoms with Crippen LogP contribution in [0.2, 0.25) is 0 Å². The summed E-state index contributed by atoms with van der Waals surface area (Å²) in [6.07, 6.45) is 0.421. The summed E-state index contributed by atoms with van der Waals surface area (Å²) < 4.78 is 30.8. The van der Waals surface area contributed by atoms with Gasteiger partial charge in [0.2, 0.25) is 14.2 Å². The highest BCUT2D eigenvalue weighted by atomic mass is 32.2. The van der Waals surface area contributed by atoms with Gasteiger partial charge in [0.15, 0.2) is 0 Å². The zero-order chi connectivity index (χ0) is 15.0. The maximum absolute atomic E-state index is 12.3. The molecule has 0 atom stereocenters. The molecule has 110 valence electrons. The Kier molecular flexibility index (Phi) is 4.04. The average molecular weight is 314 g/mol. The van der Waals surface area contributed by atoms with Crippen molar-refractivity contribution in [3.05, 3.63) is 18.2 Å². The Hall–Kier alpha value is -1.18. The van der Waals surface area contributed by atoms with E-state index in [0.29, 0.717) is 17.6 Å². The molecule has 0 aliphatic heterocycles. The number of hydrogen-bond donors (Lipinski definition) is 1. The first-order valence-corrected chi connectivity index (χ1v) is 8.64. The number of methoxy groups -OCH3 is 1. The van der Waals surface area contributed by atoms with Crippen molar-refractivity contribution in [2.75, 3.05) is 18.6 Å². The molecule has 2 rings (SSSR count). The van der Waals surface area contributed by atoms with Crippen LogP contribution in [0.15, 0.2) is 22.5 Å². The number of anilines is 1. The molecular formula is C13H18N2O3S2. The Bertz CT molecular complexity index is 720. The van der Waals surface area contributed by atoms with Crippen molar-refractivity contribution in [2.45, 2.75) is 30.2 Å². The highest BCUT2D eigenvalue weighted by molar-refractivity contribution is 7.93. The maximum Gasteiger partial charge on any atom is 0.210 e. The first-order valence-electron chi connectivity index (χ1n) is 6.17. The fraction of sp³-hybridized carbons (Fsp3) is 0.462. The third-order valence-corrected chi connectivity index (χ3v) is 6.37. The first kappa shape index (κ1) is 15.2. The van der Waals surface area contributed by atoms with Gasteiger partial charge in [-0.15, -0.1) is 11.3 Å². The van der Waals surface area contributed by atoms with Gasteiger partial charge in [0, 0.05) is 12.8 Å². The molecule has 0 saturated heterocycles. The lowest BCUT2D eigenvalue weighted by molar-refractivity contribution is 0.0203. The monoisotopic (exact) mass is 314 g/mol. The summed E-state index contributed by atoms with van der Waals surface area (Å²) in [6.45, 7) is 3.73. The van der Waals surface area contributed by atoms with Crippen LogP contribution in [0.4, 0.5) is 5.69 Å². The smallest absolute Gasteiger partial charge is 0.210 e. The number of aromatic nitrogens is 1. The predicted molar refractivity (Wildman–Crippen MR) is 81.8 cm³/mol. The van der Waals surface area contributed by atoms with Crippen molar-refractivity contribution in [3.8, 4) is 0 Å². The topological polar surface area (TPSA) is 82.3 Å². The van der Waals surface area contributed by atoms with Crippen molar-refractivity contribution < 1.29 is 13.2 Å². The third kappa shape index (κ3) is 3.28. The quantitative estimate of drug-likeness (QED) is 0.857. The fourth-order valence-electron chi connectivity index (χ4n) is 1.62. The molecule has 0 fully saturated rings. The molecule has 1 aromatic heterocycles. The molecule has 0 saturated carbocycles. The molecule has 0 unspecified atom stereocenters. The van der Waals surface area contributed by atoms with Gasteiger partial charge in [0.1, 0.15) is 0 Å². The molecule has 5 nitrogen and oxygen atoms in total. The molecule has 2 N–H and O–H groups in total. The molecule has 2 aromatic rings. The van der Waals surface area contributed by atoms with Crippen LogP contribution in [-0.2, 0) is 14.6 Å². The van der Waals surface area contributed by atoms with Gasteiger partial charge in [-0.2, -0.15) is 0 Å². The van der Waals surface area contributed by atoms with Crippen LogP contribution in [-0.4, -0.2) is 31.9 Å². The average Bonchev–Trinajstić information content (AvgIpc) is 2.80. The van der Waals surface area contributed by atoms with Crippen LogP contribution < -0.4 is 5.73 Å². The Morgan fingerprint density at radius 1 is 1.40 bits per heavy atom. The Balaban J connectivity index is 2.28. The minimum atomic E-state index is -3.39. The van der Waals surface area contributed by atoms with Crippen molar-refractivity contribution >= 4 is 37.1 Å². The zero-order valence-electron chi connectivity index (χ0n) is 11.7. The molecule has 0 spiro atoms. The predicted octanol–water partition coefficient (Wildman–Crippen LogP) is 2.47. The summed E-state index contributed by atoms with van der Waals surface area (Å²) in [5.41, 5.74) is 6.49. The molecule has 20 heavy (non-hydrogen) atoms. The second-order valence-electron chi connectivity index (χ2n) is 5.24. The number of nitrogens with zero attached hydrogens (tertiary/aromatic N) is 1. The van der Waals surface area contributed by atoms with E-state index in [2.05, 4.69) is 4.98 Å². The highest BCUT2D eigenvalue weighted by Gasteiger charge is 2.25. The second kappa shape index (κ2) is 5.31. The Morgan fingerprint density at radius 3 is 2.75 bits per heavy atom. The second-order valence-corrected chi connectivity index (χ2v) is 8.55. The highest BCUT2D eigenvalue weighted by Crippen LogP contribution is 2.28. The minimum absolute atomic E-state index is 0.0170. The van der Waals surface area contributed by atoms with Crippen LogP contribution in [0, 0.1) is 0 Å². The summed E-state index contributed by atoms with van der Waals surface area (Å²) in [6, 6.07) is 5.19. The summed E-state index contributed by atoms with van der Waals surface area (Å²) >= 11 is 1.16. The van der Waals surface area contributed by atoms with E-state index in [1.807, 2.05) is 13.8 Å². The van der Waals surface area contributed by atoms with Gasteiger partial charge in [0.05, 0.1) is 21.6 Å². The number of ether oxygens (including phenoxy) is 1. The fourth-order valence-corrected chi connectivity index (χ4v) is 4.57. The zero-order valence-corrected chi connectivity index (χ0v) is 13.3. The van der Waals surface area contributed by atoms with Crippen LogP contribution in [0.3, 0.4) is 0 Å². The van der Waals surface area contributed by atoms with Crippen molar-refractivity contribution in [1.82, 2.24) is 4.98 Å². The van der Waals surface area contributed by atoms with E-state index >= 15 is 0 Å². The molecule has 7 heteroatoms. The SMILES string of the molecule is COC(C)(C)CCS(=O)(=O)c1nc2ccc(N)cc2s1. The molecule has 1 aromatic carbocycles. The van der Waals surface area contributed by atoms with E-state index in [1.54, 1.807) is 25.3 Å². The minimum Gasteiger partial charge on any atom is -0.399 e. The van der Waals surface area contributed by atoms with Crippen LogP contribution >= 0.6 is 11.3 Å². The Morgan fingerprint density at radius 2 is 2.10 bits per heavy atom. The molecule has 0 aliphatic rings. The lowest BCUT2D eigenvalue weighted by Gasteiger charge is -2.22. The lowest BCUT2D eigenvalue weighted by atomic mass is 10.1. The number of benzene rings is 1. The summed E-state index contributed by atoms with van der Waals surface area (Å²) in [5.74, 6) is 0.0170. The third-order valence-electron chi connectivity index (χ3n) is 3.18. The number of fused-ring (bicyclic) bond motifs is 1. The number of thiazole rings is 1. The van der Waals surface area contributed by atoms with Crippen molar-refractivity contribution in [3.63, 3.8) is 0 Å². The van der Waals surface area contributed by atoms with Gasteiger partial charge in [-0.05, 0) is 38.5 Å². The van der Waals surface area contributed by atoms with Gasteiger partial charge in [-0.1, -0.05) is 0 Å². The van der Waals surface area contributed by atoms with Gasteiger partial charge in [-0.25, -0.2) is 13.4 Å². The number of rotatable bonds is 5. The molecule has 0 aliphatic carbocycles. The van der Waals surface area contributed by atoms with E-state index in [-0.39, 0.29) is 10.1 Å². The van der Waals surface area contributed by atoms with Crippen LogP contribution in [0.25, 0.3) is 10.2 Å². The first-order chi connectivity index (χ1) is 9.23. The number of nitrogens with two attached hydrogens (primary N) is 1. The Labute approximate surface area is 122 Å². The summed E-state index contributed by atoms with van der Waals surface area (Å²) in [4.78, 5) is 4.19. The van der Waals surface area contributed by atoms with Crippen molar-refractivity contribution in [1.29, 1.82) is 0 Å². The van der Waals surface area contributed by atoms with Crippen molar-refractivity contribution in [2.24, 2.45) is 0 Å². The van der Waals surface area contributed by atoms with Crippen LogP contribution in [0.5, 0.6) is 0 Å². The molecule has 0 amide bonds. The maximum atomic E-state index is 12.3. The number of hydrogen-bond acceptors (Lipinski definition) is 6. The molecule has 1 heterocycles. The van der Waals surface area contributed by atoms with E-state index in [9.17, 15) is 8.42 Å². The van der Waals surface area contributed by atoms with Gasteiger partial charge < -0.3 is 10.5 Å². The molecule has 0 bridgehead atoms. The van der Waals surface area contributed by atoms with E-state index in [4.69, 9.17) is 10.5 Å². The van der Waals surface area contributed by atoms with E-state index in [1.165, 1.54) is 0 Å². The molecular weight excluding hydrogens is 296 g/mol. The summed E-state index contributed by atoms with van der Waals surface area (Å²) in [7, 11) is -1.82.